The topological polar surface area (TPSA) is 568 Å². The molecule has 4 fully saturated rings. The van der Waals surface area contributed by atoms with Crippen molar-refractivity contribution in [3.05, 3.63) is 22.9 Å². The summed E-state index contributed by atoms with van der Waals surface area (Å²) in [6, 6.07) is -5.19. The summed E-state index contributed by atoms with van der Waals surface area (Å²) in [4.78, 5) is 73.9. The zero-order valence-electron chi connectivity index (χ0n) is 47.7. The molecule has 4 saturated heterocycles. The van der Waals surface area contributed by atoms with Gasteiger partial charge in [0.25, 0.3) is 0 Å². The number of aliphatic hydroxyl groups excluding tert-OH is 15. The fourth-order valence-corrected chi connectivity index (χ4v) is 9.33. The number of amides is 5. The van der Waals surface area contributed by atoms with Crippen LogP contribution >= 0.6 is 0 Å². The molecule has 0 spiro atoms. The Morgan fingerprint density at radius 1 is 0.488 bits per heavy atom. The lowest BCUT2D eigenvalue weighted by Crippen LogP contribution is -2.66. The second kappa shape index (κ2) is 34.1. The second-order valence-corrected chi connectivity index (χ2v) is 20.3. The molecule has 5 amide bonds. The average molecular weight is 1250 g/mol. The molecule has 37 nitrogen and oxygen atoms in total. The monoisotopic (exact) mass is 1250 g/mol. The maximum Gasteiger partial charge on any atom is 0.302 e. The van der Waals surface area contributed by atoms with Gasteiger partial charge >= 0.3 is 5.97 Å². The third-order valence-corrected chi connectivity index (χ3v) is 13.4. The van der Waals surface area contributed by atoms with Crippen LogP contribution in [-0.4, -0.2) is 299 Å². The minimum Gasteiger partial charge on any atom is -0.507 e. The molecular weight excluding hydrogens is 1170 g/mol. The van der Waals surface area contributed by atoms with E-state index in [2.05, 4.69) is 26.6 Å². The van der Waals surface area contributed by atoms with Crippen molar-refractivity contribution in [2.45, 2.75) is 209 Å². The molecule has 4 aliphatic heterocycles. The van der Waals surface area contributed by atoms with Gasteiger partial charge in [-0.3, -0.25) is 28.8 Å². The van der Waals surface area contributed by atoms with Crippen LogP contribution in [0.5, 0.6) is 0 Å². The van der Waals surface area contributed by atoms with Gasteiger partial charge in [-0.1, -0.05) is 0 Å². The summed E-state index contributed by atoms with van der Waals surface area (Å²) < 4.78 is 61.5. The first-order valence-electron chi connectivity index (χ1n) is 26.8. The molecule has 0 aromatic heterocycles. The lowest BCUT2D eigenvalue weighted by molar-refractivity contribution is -0.318. The summed E-state index contributed by atoms with van der Waals surface area (Å²) in [6.45, 7) is 2.29. The fraction of sp³-hybridized carbons (Fsp3) is 0.796. The normalized spacial score (nSPS) is 35.1. The molecule has 0 bridgehead atoms. The van der Waals surface area contributed by atoms with E-state index in [4.69, 9.17) is 52.1 Å². The molecule has 0 aliphatic carbocycles. The van der Waals surface area contributed by atoms with Crippen LogP contribution in [0.25, 0.3) is 0 Å². The first kappa shape index (κ1) is 73.4. The smallest absolute Gasteiger partial charge is 0.302 e. The van der Waals surface area contributed by atoms with Crippen molar-refractivity contribution in [2.75, 3.05) is 39.8 Å². The fourth-order valence-electron chi connectivity index (χ4n) is 9.33. The van der Waals surface area contributed by atoms with E-state index >= 15 is 0 Å². The van der Waals surface area contributed by atoms with Gasteiger partial charge in [0.15, 0.2) is 37.7 Å². The van der Waals surface area contributed by atoms with Crippen LogP contribution in [0, 0.1) is 0 Å². The minimum absolute atomic E-state index is 0.612. The molecule has 4 rings (SSSR count). The van der Waals surface area contributed by atoms with Crippen molar-refractivity contribution in [3.63, 3.8) is 0 Å². The molecule has 86 heavy (non-hydrogen) atoms. The van der Waals surface area contributed by atoms with Crippen molar-refractivity contribution >= 4 is 35.5 Å². The van der Waals surface area contributed by atoms with E-state index in [9.17, 15) is 105 Å². The summed E-state index contributed by atoms with van der Waals surface area (Å²) >= 11 is 0. The second-order valence-electron chi connectivity index (χ2n) is 20.3. The van der Waals surface area contributed by atoms with E-state index < -0.39 is 259 Å². The van der Waals surface area contributed by atoms with E-state index in [1.807, 2.05) is 0 Å². The first-order valence-corrected chi connectivity index (χ1v) is 26.8. The summed E-state index contributed by atoms with van der Waals surface area (Å²) in [6.07, 6.45) is -40.5. The molecule has 4 aliphatic rings. The number of carbonyl (C=O) groups is 6. The molecular formula is C49H81N5O32. The van der Waals surface area contributed by atoms with Gasteiger partial charge < -0.3 is 155 Å². The van der Waals surface area contributed by atoms with Gasteiger partial charge in [0.2, 0.25) is 29.5 Å². The van der Waals surface area contributed by atoms with E-state index in [1.165, 1.54) is 6.92 Å². The van der Waals surface area contributed by atoms with Crippen LogP contribution in [0.1, 0.15) is 61.3 Å². The summed E-state index contributed by atoms with van der Waals surface area (Å²) in [5.41, 5.74) is -1.94. The SMILES string of the molecule is CC(=O)N/C(=C(\O)C(CCO)OC1OC(COC(C)=O)C(O)C(O)C1NC(C)=O)C(O)OC1C(CO)OC(OC(CCO)/C(O)=C(/NC(C)=O)C(O)OC2C(COCOC3OC(C)C(O)C(O)C3O)OC(O)C(NC(C)=O)C2O)C(NC(C)=O)C1O. The number of esters is 1. The van der Waals surface area contributed by atoms with Crippen molar-refractivity contribution < 1.29 is 157 Å². The Bertz CT molecular complexity index is 2300. The van der Waals surface area contributed by atoms with Crippen LogP contribution in [0.15, 0.2) is 22.9 Å². The Balaban J connectivity index is 1.66. The molecule has 4 heterocycles. The molecule has 37 heteroatoms. The molecule has 0 radical (unpaired) electrons. The lowest BCUT2D eigenvalue weighted by Gasteiger charge is -2.45. The van der Waals surface area contributed by atoms with Gasteiger partial charge in [0.05, 0.1) is 19.3 Å². The number of rotatable bonds is 29. The summed E-state index contributed by atoms with van der Waals surface area (Å²) in [5.74, 6) is -7.62. The van der Waals surface area contributed by atoms with Crippen molar-refractivity contribution in [1.82, 2.24) is 26.6 Å². The van der Waals surface area contributed by atoms with Gasteiger partial charge in [-0.2, -0.15) is 0 Å². The van der Waals surface area contributed by atoms with Gasteiger partial charge in [-0.15, -0.1) is 0 Å². The highest BCUT2D eigenvalue weighted by Crippen LogP contribution is 2.33. The number of hydrogen-bond donors (Lipinski definition) is 20. The van der Waals surface area contributed by atoms with Gasteiger partial charge in [-0.05, 0) is 6.92 Å². The molecule has 0 saturated carbocycles. The Kier molecular flexibility index (Phi) is 29.1. The largest absolute Gasteiger partial charge is 0.507 e. The molecule has 24 unspecified atom stereocenters. The lowest BCUT2D eigenvalue weighted by atomic mass is 9.96. The van der Waals surface area contributed by atoms with Crippen molar-refractivity contribution in [1.29, 1.82) is 0 Å². The standard InChI is InChI=1S/C49H81N5O32/c1-16-33(64)40(71)41(72)49(79-16)78-15-76-13-27-43(38(69)30(44(73)80-27)52-19(4)60)86-46(75)29(51-18(3)59)35(66)24(9-11-56)82-48-32(54-21(6)62)39(70)42(25(12-57)83-48)85-45(74)28(50-17(2)58)34(65)23(8-10-55)81-47-31(53-20(5)61)37(68)36(67)26(84-47)14-77-22(7)63/h16,23-27,30-33,36-49,55-57,64-75H,8-15H2,1-7H3,(H,50,58)(H,51,59)(H,52,60)(H,53,61)(H,54,62)/b34-28-,35-29-. The van der Waals surface area contributed by atoms with Crippen LogP contribution < -0.4 is 26.6 Å². The van der Waals surface area contributed by atoms with Gasteiger partial charge in [0, 0.05) is 67.6 Å². The minimum atomic E-state index is -2.60. The maximum atomic E-state index is 12.7. The number of carbonyl (C=O) groups excluding carboxylic acids is 6. The Hall–Kier alpha value is -5.02. The third-order valence-electron chi connectivity index (χ3n) is 13.4. The average Bonchev–Trinajstić information content (AvgIpc) is 1.20. The Morgan fingerprint density at radius 3 is 1.40 bits per heavy atom. The zero-order valence-corrected chi connectivity index (χ0v) is 47.7. The predicted octanol–water partition coefficient (Wildman–Crippen LogP) is -9.76. The molecule has 0 aromatic rings. The number of nitrogens with one attached hydrogen (secondary N) is 5. The van der Waals surface area contributed by atoms with Crippen LogP contribution in [-0.2, 0) is 80.9 Å². The van der Waals surface area contributed by atoms with Crippen LogP contribution in [0.2, 0.25) is 0 Å². The Morgan fingerprint density at radius 2 is 0.942 bits per heavy atom. The highest BCUT2D eigenvalue weighted by molar-refractivity contribution is 5.76. The summed E-state index contributed by atoms with van der Waals surface area (Å²) in [7, 11) is 0. The van der Waals surface area contributed by atoms with Gasteiger partial charge in [0.1, 0.15) is 140 Å². The zero-order chi connectivity index (χ0) is 64.6. The number of ether oxygens (including phenoxy) is 11. The number of hydrogen-bond acceptors (Lipinski definition) is 32. The molecule has 494 valence electrons. The highest BCUT2D eigenvalue weighted by atomic mass is 16.8. The molecule has 24 atom stereocenters. The third kappa shape index (κ3) is 20.0. The van der Waals surface area contributed by atoms with E-state index in [1.54, 1.807) is 0 Å². The summed E-state index contributed by atoms with van der Waals surface area (Å²) in [5, 5.41) is 175. The predicted molar refractivity (Wildman–Crippen MR) is 275 cm³/mol. The van der Waals surface area contributed by atoms with Crippen molar-refractivity contribution in [2.24, 2.45) is 0 Å². The van der Waals surface area contributed by atoms with E-state index in [0.717, 1.165) is 41.5 Å². The quantitative estimate of drug-likeness (QED) is 0.0143. The van der Waals surface area contributed by atoms with E-state index in [-0.39, 0.29) is 0 Å². The van der Waals surface area contributed by atoms with E-state index in [0.29, 0.717) is 0 Å². The first-order chi connectivity index (χ1) is 40.4. The van der Waals surface area contributed by atoms with Crippen molar-refractivity contribution in [3.8, 4) is 0 Å². The molecule has 20 N–H and O–H groups in total. The number of aliphatic hydroxyl groups is 15. The van der Waals surface area contributed by atoms with Gasteiger partial charge in [-0.25, -0.2) is 0 Å². The van der Waals surface area contributed by atoms with Crippen LogP contribution in [0.3, 0.4) is 0 Å². The Labute approximate surface area is 490 Å². The highest BCUT2D eigenvalue weighted by Gasteiger charge is 2.52. The van der Waals surface area contributed by atoms with Crippen LogP contribution in [0.4, 0.5) is 0 Å². The maximum absolute atomic E-state index is 12.7. The molecule has 0 aromatic carbocycles.